The van der Waals surface area contributed by atoms with E-state index in [4.69, 9.17) is 9.47 Å². The van der Waals surface area contributed by atoms with Crippen molar-refractivity contribution in [3.8, 4) is 23.4 Å². The summed E-state index contributed by atoms with van der Waals surface area (Å²) in [5.41, 5.74) is 2.97. The lowest BCUT2D eigenvalue weighted by Crippen LogP contribution is -2.26. The maximum absolute atomic E-state index is 13.6. The maximum atomic E-state index is 13.6. The second-order valence-corrected chi connectivity index (χ2v) is 10.1. The molecule has 0 saturated heterocycles. The first-order valence-electron chi connectivity index (χ1n) is 11.4. The van der Waals surface area contributed by atoms with E-state index in [1.54, 1.807) is 90.8 Å². The molecular formula is C29H26N2O5S. The molecule has 0 fully saturated rings. The van der Waals surface area contributed by atoms with Gasteiger partial charge in [-0.05, 0) is 66.9 Å². The lowest BCUT2D eigenvalue weighted by molar-refractivity contribution is 0.0600. The van der Waals surface area contributed by atoms with E-state index in [1.807, 2.05) is 19.1 Å². The molecule has 4 aromatic rings. The summed E-state index contributed by atoms with van der Waals surface area (Å²) in [6.45, 7) is 1.91. The Kier molecular flexibility index (Phi) is 7.66. The van der Waals surface area contributed by atoms with Crippen molar-refractivity contribution in [2.45, 2.75) is 18.4 Å². The molecule has 0 amide bonds. The van der Waals surface area contributed by atoms with Crippen LogP contribution in [-0.4, -0.2) is 37.5 Å². The topological polar surface area (TPSA) is 77.8 Å². The molecule has 0 aliphatic carbocycles. The second kappa shape index (κ2) is 11.1. The zero-order chi connectivity index (χ0) is 26.4. The third-order valence-corrected chi connectivity index (χ3v) is 7.38. The Morgan fingerprint density at radius 3 is 2.22 bits per heavy atom. The lowest BCUT2D eigenvalue weighted by Gasteiger charge is -2.19. The average Bonchev–Trinajstić information content (AvgIpc) is 3.45. The summed E-state index contributed by atoms with van der Waals surface area (Å²) in [4.78, 5) is 12.6. The van der Waals surface area contributed by atoms with Crippen molar-refractivity contribution in [3.05, 3.63) is 114 Å². The van der Waals surface area contributed by atoms with Crippen LogP contribution in [0.4, 0.5) is 0 Å². The van der Waals surface area contributed by atoms with E-state index in [2.05, 4.69) is 12.0 Å². The number of sulfonamides is 1. The van der Waals surface area contributed by atoms with Gasteiger partial charge in [0.15, 0.2) is 0 Å². The molecule has 188 valence electrons. The third kappa shape index (κ3) is 5.68. The molecule has 0 aliphatic rings. The van der Waals surface area contributed by atoms with Crippen LogP contribution in [0.15, 0.2) is 96.2 Å². The number of carbonyl (C=O) groups is 1. The first kappa shape index (κ1) is 25.6. The summed E-state index contributed by atoms with van der Waals surface area (Å²) in [5, 5.41) is 0. The molecule has 0 bridgehead atoms. The van der Waals surface area contributed by atoms with E-state index in [1.165, 1.54) is 7.11 Å². The van der Waals surface area contributed by atoms with E-state index in [-0.39, 0.29) is 11.4 Å². The molecule has 3 aromatic carbocycles. The molecular weight excluding hydrogens is 488 g/mol. The molecule has 37 heavy (non-hydrogen) atoms. The zero-order valence-electron chi connectivity index (χ0n) is 20.7. The monoisotopic (exact) mass is 514 g/mol. The number of esters is 1. The zero-order valence-corrected chi connectivity index (χ0v) is 21.5. The molecule has 0 aliphatic heterocycles. The van der Waals surface area contributed by atoms with Gasteiger partial charge in [0, 0.05) is 18.4 Å². The highest BCUT2D eigenvalue weighted by molar-refractivity contribution is 7.89. The highest BCUT2D eigenvalue weighted by Gasteiger charge is 2.23. The largest absolute Gasteiger partial charge is 0.497 e. The summed E-state index contributed by atoms with van der Waals surface area (Å²) in [6.07, 6.45) is 3.57. The van der Waals surface area contributed by atoms with Crippen LogP contribution in [-0.2, 0) is 21.3 Å². The molecule has 0 spiro atoms. The SMILES string of the molecule is COC(=O)c1cccc(C#CN(Cc2ccc(OC)cc2)S(=O)(=O)c2ccc(C)cc2)c1-n1cccc1. The van der Waals surface area contributed by atoms with Gasteiger partial charge in [-0.3, -0.25) is 0 Å². The van der Waals surface area contributed by atoms with Crippen LogP contribution in [0.2, 0.25) is 0 Å². The average molecular weight is 515 g/mol. The smallest absolute Gasteiger partial charge is 0.340 e. The highest BCUT2D eigenvalue weighted by Crippen LogP contribution is 2.23. The Balaban J connectivity index is 1.83. The Morgan fingerprint density at radius 2 is 1.59 bits per heavy atom. The van der Waals surface area contributed by atoms with Gasteiger partial charge in [-0.2, -0.15) is 0 Å². The molecule has 0 atom stereocenters. The number of ether oxygens (including phenoxy) is 2. The predicted octanol–water partition coefficient (Wildman–Crippen LogP) is 4.78. The van der Waals surface area contributed by atoms with Gasteiger partial charge in [-0.15, -0.1) is 0 Å². The number of hydrogen-bond donors (Lipinski definition) is 0. The molecule has 1 aromatic heterocycles. The fraction of sp³-hybridized carbons (Fsp3) is 0.138. The molecule has 1 heterocycles. The van der Waals surface area contributed by atoms with Crippen molar-refractivity contribution in [3.63, 3.8) is 0 Å². The predicted molar refractivity (Wildman–Crippen MR) is 141 cm³/mol. The summed E-state index contributed by atoms with van der Waals surface area (Å²) < 4.78 is 40.3. The van der Waals surface area contributed by atoms with Crippen molar-refractivity contribution in [2.24, 2.45) is 0 Å². The van der Waals surface area contributed by atoms with Crippen LogP contribution in [0.5, 0.6) is 5.75 Å². The number of rotatable bonds is 7. The van der Waals surface area contributed by atoms with Crippen LogP contribution in [0.3, 0.4) is 0 Å². The Hall–Kier alpha value is -4.48. The minimum atomic E-state index is -3.97. The first-order chi connectivity index (χ1) is 17.8. The quantitative estimate of drug-likeness (QED) is 0.202. The van der Waals surface area contributed by atoms with Crippen LogP contribution in [0.25, 0.3) is 5.69 Å². The van der Waals surface area contributed by atoms with Crippen molar-refractivity contribution >= 4 is 16.0 Å². The summed E-state index contributed by atoms with van der Waals surface area (Å²) >= 11 is 0. The third-order valence-electron chi connectivity index (χ3n) is 5.71. The van der Waals surface area contributed by atoms with Gasteiger partial charge in [-0.1, -0.05) is 35.9 Å². The molecule has 0 radical (unpaired) electrons. The van der Waals surface area contributed by atoms with Crippen molar-refractivity contribution in [2.75, 3.05) is 14.2 Å². The molecule has 0 unspecified atom stereocenters. The fourth-order valence-corrected chi connectivity index (χ4v) is 4.94. The Bertz CT molecular complexity index is 1550. The van der Waals surface area contributed by atoms with Gasteiger partial charge in [-0.25, -0.2) is 17.5 Å². The molecule has 0 N–H and O–H groups in total. The van der Waals surface area contributed by atoms with E-state index in [0.717, 1.165) is 15.4 Å². The fourth-order valence-electron chi connectivity index (χ4n) is 3.72. The van der Waals surface area contributed by atoms with Gasteiger partial charge >= 0.3 is 5.97 Å². The van der Waals surface area contributed by atoms with E-state index in [9.17, 15) is 13.2 Å². The van der Waals surface area contributed by atoms with Crippen LogP contribution < -0.4 is 4.74 Å². The minimum Gasteiger partial charge on any atom is -0.497 e. The number of methoxy groups -OCH3 is 2. The van der Waals surface area contributed by atoms with Gasteiger partial charge in [0.2, 0.25) is 0 Å². The van der Waals surface area contributed by atoms with Crippen molar-refractivity contribution in [1.82, 2.24) is 8.87 Å². The van der Waals surface area contributed by atoms with Gasteiger partial charge in [0.05, 0.1) is 42.5 Å². The number of benzene rings is 3. The van der Waals surface area contributed by atoms with Gasteiger partial charge in [0.25, 0.3) is 10.0 Å². The van der Waals surface area contributed by atoms with Gasteiger partial charge in [0.1, 0.15) is 5.75 Å². The highest BCUT2D eigenvalue weighted by atomic mass is 32.2. The standard InChI is InChI=1S/C29H26N2O5S/c1-22-9-15-26(16-10-22)37(33,34)31(21-23-11-13-25(35-2)14-12-23)20-17-24-7-6-8-27(29(32)36-3)28(24)30-18-4-5-19-30/h4-16,18-19H,21H2,1-3H3. The van der Waals surface area contributed by atoms with Crippen LogP contribution in [0, 0.1) is 18.9 Å². The van der Waals surface area contributed by atoms with Crippen LogP contribution in [0.1, 0.15) is 27.0 Å². The minimum absolute atomic E-state index is 0.0166. The van der Waals surface area contributed by atoms with Crippen LogP contribution >= 0.6 is 0 Å². The summed E-state index contributed by atoms with van der Waals surface area (Å²) in [6, 6.07) is 25.3. The van der Waals surface area contributed by atoms with Gasteiger partial charge < -0.3 is 14.0 Å². The number of para-hydroxylation sites is 1. The molecule has 7 nitrogen and oxygen atoms in total. The van der Waals surface area contributed by atoms with Crippen molar-refractivity contribution in [1.29, 1.82) is 0 Å². The van der Waals surface area contributed by atoms with Crippen molar-refractivity contribution < 1.29 is 22.7 Å². The molecule has 8 heteroatoms. The molecule has 4 rings (SSSR count). The number of aromatic nitrogens is 1. The first-order valence-corrected chi connectivity index (χ1v) is 12.9. The summed E-state index contributed by atoms with van der Waals surface area (Å²) in [7, 11) is -1.09. The van der Waals surface area contributed by atoms with E-state index >= 15 is 0 Å². The molecule has 0 saturated carbocycles. The van der Waals surface area contributed by atoms with E-state index < -0.39 is 16.0 Å². The maximum Gasteiger partial charge on any atom is 0.340 e. The number of hydrogen-bond acceptors (Lipinski definition) is 5. The lowest BCUT2D eigenvalue weighted by atomic mass is 10.1. The summed E-state index contributed by atoms with van der Waals surface area (Å²) in [5.74, 6) is 3.14. The normalized spacial score (nSPS) is 10.8. The second-order valence-electron chi connectivity index (χ2n) is 8.19. The number of nitrogens with zero attached hydrogens (tertiary/aromatic N) is 2. The van der Waals surface area contributed by atoms with E-state index in [0.29, 0.717) is 22.6 Å². The number of carbonyl (C=O) groups excluding carboxylic acids is 1. The Labute approximate surface area is 216 Å². The Morgan fingerprint density at radius 1 is 0.919 bits per heavy atom. The number of aryl methyl sites for hydroxylation is 1.